The molecule has 1 fully saturated rings. The largest absolute Gasteiger partial charge is 0.416 e. The molecule has 1 aliphatic heterocycles. The molecular formula is C21H23F3N4O3. The predicted molar refractivity (Wildman–Crippen MR) is 110 cm³/mol. The van der Waals surface area contributed by atoms with Gasteiger partial charge in [0, 0.05) is 38.8 Å². The summed E-state index contributed by atoms with van der Waals surface area (Å²) in [5.74, 6) is -0.344. The molecule has 0 atom stereocenters. The van der Waals surface area contributed by atoms with Crippen molar-refractivity contribution < 1.29 is 22.9 Å². The van der Waals surface area contributed by atoms with Crippen LogP contribution in [-0.4, -0.2) is 53.4 Å². The van der Waals surface area contributed by atoms with Crippen molar-refractivity contribution in [3.8, 4) is 0 Å². The van der Waals surface area contributed by atoms with E-state index in [1.54, 1.807) is 25.1 Å². The van der Waals surface area contributed by atoms with Crippen molar-refractivity contribution in [1.82, 2.24) is 9.80 Å². The van der Waals surface area contributed by atoms with Crippen molar-refractivity contribution in [1.29, 1.82) is 0 Å². The number of anilines is 1. The first-order valence-corrected chi connectivity index (χ1v) is 9.78. The van der Waals surface area contributed by atoms with Crippen LogP contribution < -0.4 is 5.32 Å². The standard InChI is InChI=1S/C21H23F3N4O3/c1-15-4-2-7-18(28(30)31)20(15)25-19(29)14-27-10-8-26(9-11-27)13-16-5-3-6-17(12-16)21(22,23)24/h2-7,12H,8-11,13-14H2,1H3,(H,25,29). The van der Waals surface area contributed by atoms with Crippen LogP contribution in [0.3, 0.4) is 0 Å². The molecule has 0 radical (unpaired) electrons. The lowest BCUT2D eigenvalue weighted by atomic mass is 10.1. The maximum atomic E-state index is 12.9. The molecule has 1 saturated heterocycles. The zero-order chi connectivity index (χ0) is 22.6. The van der Waals surface area contributed by atoms with Crippen LogP contribution >= 0.6 is 0 Å². The Balaban J connectivity index is 1.52. The number of nitrogens with one attached hydrogen (secondary N) is 1. The number of alkyl halides is 3. The van der Waals surface area contributed by atoms with Gasteiger partial charge in [-0.3, -0.25) is 24.7 Å². The number of para-hydroxylation sites is 1. The third-order valence-electron chi connectivity index (χ3n) is 5.20. The molecule has 1 N–H and O–H groups in total. The molecule has 10 heteroatoms. The van der Waals surface area contributed by atoms with Crippen molar-refractivity contribution in [3.63, 3.8) is 0 Å². The Morgan fingerprint density at radius 1 is 1.10 bits per heavy atom. The molecule has 0 aliphatic carbocycles. The number of carbonyl (C=O) groups excluding carboxylic acids is 1. The quantitative estimate of drug-likeness (QED) is 0.552. The molecule has 0 unspecified atom stereocenters. The van der Waals surface area contributed by atoms with Crippen LogP contribution in [0.5, 0.6) is 0 Å². The number of nitro benzene ring substituents is 1. The summed E-state index contributed by atoms with van der Waals surface area (Å²) in [5, 5.41) is 13.8. The molecule has 31 heavy (non-hydrogen) atoms. The van der Waals surface area contributed by atoms with E-state index in [1.165, 1.54) is 12.1 Å². The van der Waals surface area contributed by atoms with E-state index in [0.29, 0.717) is 43.9 Å². The second-order valence-electron chi connectivity index (χ2n) is 7.52. The molecular weight excluding hydrogens is 413 g/mol. The summed E-state index contributed by atoms with van der Waals surface area (Å²) in [6, 6.07) is 9.89. The van der Waals surface area contributed by atoms with Crippen molar-refractivity contribution in [2.45, 2.75) is 19.6 Å². The Labute approximate surface area is 177 Å². The van der Waals surface area contributed by atoms with E-state index in [0.717, 1.165) is 12.1 Å². The Hall–Kier alpha value is -2.98. The molecule has 3 rings (SSSR count). The van der Waals surface area contributed by atoms with Crippen molar-refractivity contribution in [2.75, 3.05) is 38.0 Å². The molecule has 166 valence electrons. The number of benzene rings is 2. The minimum atomic E-state index is -4.37. The molecule has 1 aliphatic rings. The van der Waals surface area contributed by atoms with Crippen LogP contribution in [0.15, 0.2) is 42.5 Å². The average molecular weight is 436 g/mol. The first-order valence-electron chi connectivity index (χ1n) is 9.78. The Morgan fingerprint density at radius 2 is 1.74 bits per heavy atom. The first-order chi connectivity index (χ1) is 14.6. The van der Waals surface area contributed by atoms with Gasteiger partial charge in [-0.05, 0) is 24.1 Å². The number of amides is 1. The van der Waals surface area contributed by atoms with Crippen LogP contribution in [0.2, 0.25) is 0 Å². The van der Waals surface area contributed by atoms with E-state index in [9.17, 15) is 28.1 Å². The van der Waals surface area contributed by atoms with Gasteiger partial charge in [0.1, 0.15) is 5.69 Å². The molecule has 1 amide bonds. The summed E-state index contributed by atoms with van der Waals surface area (Å²) in [7, 11) is 0. The summed E-state index contributed by atoms with van der Waals surface area (Å²) in [6.45, 7) is 4.53. The number of rotatable bonds is 6. The lowest BCUT2D eigenvalue weighted by Crippen LogP contribution is -2.48. The maximum absolute atomic E-state index is 12.9. The highest BCUT2D eigenvalue weighted by atomic mass is 19.4. The van der Waals surface area contributed by atoms with Gasteiger partial charge in [0.25, 0.3) is 5.69 Å². The molecule has 0 aromatic heterocycles. The molecule has 1 heterocycles. The fourth-order valence-corrected chi connectivity index (χ4v) is 3.56. The Morgan fingerprint density at radius 3 is 2.39 bits per heavy atom. The van der Waals surface area contributed by atoms with Gasteiger partial charge in [-0.15, -0.1) is 0 Å². The monoisotopic (exact) mass is 436 g/mol. The van der Waals surface area contributed by atoms with Gasteiger partial charge in [-0.1, -0.05) is 30.3 Å². The zero-order valence-corrected chi connectivity index (χ0v) is 17.0. The molecule has 2 aromatic carbocycles. The average Bonchev–Trinajstić information content (AvgIpc) is 2.70. The van der Waals surface area contributed by atoms with E-state index in [1.807, 2.05) is 9.80 Å². The van der Waals surface area contributed by atoms with Gasteiger partial charge in [0.2, 0.25) is 5.91 Å². The van der Waals surface area contributed by atoms with E-state index in [4.69, 9.17) is 0 Å². The third-order valence-corrected chi connectivity index (χ3v) is 5.20. The number of aryl methyl sites for hydroxylation is 1. The molecule has 7 nitrogen and oxygen atoms in total. The zero-order valence-electron chi connectivity index (χ0n) is 17.0. The van der Waals surface area contributed by atoms with Crippen LogP contribution in [0.1, 0.15) is 16.7 Å². The summed E-state index contributed by atoms with van der Waals surface area (Å²) < 4.78 is 38.6. The van der Waals surface area contributed by atoms with Gasteiger partial charge in [-0.2, -0.15) is 13.2 Å². The predicted octanol–water partition coefficient (Wildman–Crippen LogP) is 3.68. The smallest absolute Gasteiger partial charge is 0.319 e. The van der Waals surface area contributed by atoms with E-state index in [-0.39, 0.29) is 23.8 Å². The fourth-order valence-electron chi connectivity index (χ4n) is 3.56. The van der Waals surface area contributed by atoms with Gasteiger partial charge < -0.3 is 5.32 Å². The molecule has 0 saturated carbocycles. The van der Waals surface area contributed by atoms with Gasteiger partial charge in [0.15, 0.2) is 0 Å². The van der Waals surface area contributed by atoms with E-state index in [2.05, 4.69) is 5.32 Å². The molecule has 2 aromatic rings. The lowest BCUT2D eigenvalue weighted by Gasteiger charge is -2.34. The SMILES string of the molecule is Cc1cccc([N+](=O)[O-])c1NC(=O)CN1CCN(Cc2cccc(C(F)(F)F)c2)CC1. The van der Waals surface area contributed by atoms with E-state index >= 15 is 0 Å². The normalized spacial score (nSPS) is 15.6. The first kappa shape index (κ1) is 22.7. The topological polar surface area (TPSA) is 78.7 Å². The van der Waals surface area contributed by atoms with Crippen LogP contribution in [0.25, 0.3) is 0 Å². The summed E-state index contributed by atoms with van der Waals surface area (Å²) in [5.41, 5.74) is 0.576. The van der Waals surface area contributed by atoms with Gasteiger partial charge >= 0.3 is 6.18 Å². The number of carbonyl (C=O) groups is 1. The summed E-state index contributed by atoms with van der Waals surface area (Å²) in [4.78, 5) is 27.0. The van der Waals surface area contributed by atoms with Crippen LogP contribution in [0.4, 0.5) is 24.5 Å². The van der Waals surface area contributed by atoms with E-state index < -0.39 is 16.7 Å². The Kier molecular flexibility index (Phi) is 6.91. The van der Waals surface area contributed by atoms with Crippen molar-refractivity contribution in [2.24, 2.45) is 0 Å². The highest BCUT2D eigenvalue weighted by Gasteiger charge is 2.30. The molecule has 0 bridgehead atoms. The summed E-state index contributed by atoms with van der Waals surface area (Å²) >= 11 is 0. The minimum absolute atomic E-state index is 0.0862. The second-order valence-corrected chi connectivity index (χ2v) is 7.52. The highest BCUT2D eigenvalue weighted by molar-refractivity contribution is 5.95. The number of hydrogen-bond acceptors (Lipinski definition) is 5. The number of hydrogen-bond donors (Lipinski definition) is 1. The van der Waals surface area contributed by atoms with Crippen molar-refractivity contribution >= 4 is 17.3 Å². The third kappa shape index (κ3) is 6.02. The number of halogens is 3. The number of nitro groups is 1. The lowest BCUT2D eigenvalue weighted by molar-refractivity contribution is -0.384. The minimum Gasteiger partial charge on any atom is -0.319 e. The number of nitrogens with zero attached hydrogens (tertiary/aromatic N) is 3. The van der Waals surface area contributed by atoms with Crippen molar-refractivity contribution in [3.05, 3.63) is 69.3 Å². The molecule has 0 spiro atoms. The van der Waals surface area contributed by atoms with Crippen LogP contribution in [0, 0.1) is 17.0 Å². The fraction of sp³-hybridized carbons (Fsp3) is 0.381. The van der Waals surface area contributed by atoms with Crippen LogP contribution in [-0.2, 0) is 17.5 Å². The summed E-state index contributed by atoms with van der Waals surface area (Å²) in [6.07, 6.45) is -4.37. The Bertz CT molecular complexity index is 957. The number of piperazine rings is 1. The highest BCUT2D eigenvalue weighted by Crippen LogP contribution is 2.30. The second kappa shape index (κ2) is 9.44. The van der Waals surface area contributed by atoms with Gasteiger partial charge in [-0.25, -0.2) is 0 Å². The maximum Gasteiger partial charge on any atom is 0.416 e. The van der Waals surface area contributed by atoms with Gasteiger partial charge in [0.05, 0.1) is 17.0 Å².